The molecule has 1 aromatic carbocycles. The van der Waals surface area contributed by atoms with Gasteiger partial charge >= 0.3 is 0 Å². The van der Waals surface area contributed by atoms with Crippen molar-refractivity contribution in [3.63, 3.8) is 0 Å². The van der Waals surface area contributed by atoms with Crippen molar-refractivity contribution in [3.05, 3.63) is 33.7 Å². The first-order valence-electron chi connectivity index (χ1n) is 7.00. The Morgan fingerprint density at radius 3 is 2.62 bits per heavy atom. The van der Waals surface area contributed by atoms with E-state index in [1.807, 2.05) is 13.0 Å². The molecular weight excluding hydrogens is 353 g/mol. The van der Waals surface area contributed by atoms with Crippen molar-refractivity contribution in [2.24, 2.45) is 0 Å². The van der Waals surface area contributed by atoms with Gasteiger partial charge in [0.15, 0.2) is 10.8 Å². The highest BCUT2D eigenvalue weighted by atomic mass is 35.5. The van der Waals surface area contributed by atoms with E-state index in [9.17, 15) is 0 Å². The van der Waals surface area contributed by atoms with Crippen molar-refractivity contribution in [1.29, 1.82) is 0 Å². The van der Waals surface area contributed by atoms with Crippen LogP contribution in [0.15, 0.2) is 12.4 Å². The van der Waals surface area contributed by atoms with E-state index in [0.29, 0.717) is 34.2 Å². The standard InChI is InChI=1S/C15H15Cl2N5O2/c1-7-9(23-2)4-8(10(16)12(7)24-3)5-22-6-19-11-13(17)20-15(18)21-14(11)22/h4,6H,5H2,1-3H3,(H2,18,20,21). The zero-order valence-corrected chi connectivity index (χ0v) is 14.8. The molecule has 0 aliphatic heterocycles. The maximum atomic E-state index is 6.48. The van der Waals surface area contributed by atoms with Crippen molar-refractivity contribution in [3.8, 4) is 11.5 Å². The van der Waals surface area contributed by atoms with E-state index in [1.165, 1.54) is 0 Å². The molecule has 2 N–H and O–H groups in total. The topological polar surface area (TPSA) is 88.1 Å². The lowest BCUT2D eigenvalue weighted by Gasteiger charge is -2.16. The number of halogens is 2. The average molecular weight is 368 g/mol. The second-order valence-corrected chi connectivity index (χ2v) is 5.86. The monoisotopic (exact) mass is 367 g/mol. The molecule has 9 heteroatoms. The molecule has 0 atom stereocenters. The number of fused-ring (bicyclic) bond motifs is 1. The number of rotatable bonds is 4. The lowest BCUT2D eigenvalue weighted by atomic mass is 10.1. The summed E-state index contributed by atoms with van der Waals surface area (Å²) in [5, 5.41) is 0.715. The molecule has 7 nitrogen and oxygen atoms in total. The highest BCUT2D eigenvalue weighted by molar-refractivity contribution is 6.33. The Morgan fingerprint density at radius 2 is 1.96 bits per heavy atom. The number of hydrogen-bond donors (Lipinski definition) is 1. The van der Waals surface area contributed by atoms with Gasteiger partial charge in [0, 0.05) is 5.56 Å². The molecule has 0 aliphatic carbocycles. The highest BCUT2D eigenvalue weighted by Gasteiger charge is 2.17. The van der Waals surface area contributed by atoms with Crippen LogP contribution in [-0.2, 0) is 6.54 Å². The molecule has 0 bridgehead atoms. The Labute approximate surface area is 148 Å². The fraction of sp³-hybridized carbons (Fsp3) is 0.267. The van der Waals surface area contributed by atoms with Crippen molar-refractivity contribution in [2.75, 3.05) is 20.0 Å². The van der Waals surface area contributed by atoms with Crippen LogP contribution in [0.25, 0.3) is 11.2 Å². The molecule has 0 radical (unpaired) electrons. The van der Waals surface area contributed by atoms with E-state index < -0.39 is 0 Å². The lowest BCUT2D eigenvalue weighted by molar-refractivity contribution is 0.388. The van der Waals surface area contributed by atoms with Crippen LogP contribution in [0.1, 0.15) is 11.1 Å². The molecule has 0 fully saturated rings. The summed E-state index contributed by atoms with van der Waals surface area (Å²) in [5.41, 5.74) is 8.31. The van der Waals surface area contributed by atoms with Crippen molar-refractivity contribution in [1.82, 2.24) is 19.5 Å². The molecular formula is C15H15Cl2N5O2. The average Bonchev–Trinajstić information content (AvgIpc) is 2.93. The summed E-state index contributed by atoms with van der Waals surface area (Å²) in [6.45, 7) is 2.28. The molecule has 0 spiro atoms. The van der Waals surface area contributed by atoms with E-state index in [1.54, 1.807) is 25.1 Å². The predicted molar refractivity (Wildman–Crippen MR) is 93.1 cm³/mol. The second-order valence-electron chi connectivity index (χ2n) is 5.13. The molecule has 0 aliphatic rings. The number of nitrogens with zero attached hydrogens (tertiary/aromatic N) is 4. The predicted octanol–water partition coefficient (Wildman–Crippen LogP) is 3.09. The third-order valence-corrected chi connectivity index (χ3v) is 4.38. The zero-order chi connectivity index (χ0) is 17.4. The van der Waals surface area contributed by atoms with Gasteiger partial charge in [0.2, 0.25) is 5.95 Å². The van der Waals surface area contributed by atoms with Gasteiger partial charge in [0.05, 0.1) is 32.1 Å². The number of ether oxygens (including phenoxy) is 2. The minimum Gasteiger partial charge on any atom is -0.496 e. The van der Waals surface area contributed by atoms with Crippen LogP contribution in [0.2, 0.25) is 10.2 Å². The fourth-order valence-corrected chi connectivity index (χ4v) is 3.10. The molecule has 126 valence electrons. The number of benzene rings is 1. The molecule has 0 saturated heterocycles. The number of methoxy groups -OCH3 is 2. The number of imidazole rings is 1. The fourth-order valence-electron chi connectivity index (χ4n) is 2.55. The summed E-state index contributed by atoms with van der Waals surface area (Å²) in [6.07, 6.45) is 1.61. The van der Waals surface area contributed by atoms with Gasteiger partial charge < -0.3 is 19.8 Å². The second kappa shape index (κ2) is 6.33. The first-order chi connectivity index (χ1) is 11.5. The van der Waals surface area contributed by atoms with Gasteiger partial charge in [0.1, 0.15) is 17.0 Å². The van der Waals surface area contributed by atoms with Crippen LogP contribution in [0.3, 0.4) is 0 Å². The third kappa shape index (κ3) is 2.70. The number of nitrogen functional groups attached to an aromatic ring is 1. The van der Waals surface area contributed by atoms with Gasteiger partial charge in [-0.15, -0.1) is 0 Å². The van der Waals surface area contributed by atoms with Gasteiger partial charge in [-0.3, -0.25) is 0 Å². The summed E-state index contributed by atoms with van der Waals surface area (Å²) in [7, 11) is 3.16. The molecule has 3 rings (SSSR count). The van der Waals surface area contributed by atoms with Crippen molar-refractivity contribution < 1.29 is 9.47 Å². The van der Waals surface area contributed by atoms with E-state index in [4.69, 9.17) is 38.4 Å². The summed E-state index contributed by atoms with van der Waals surface area (Å²) in [4.78, 5) is 12.3. The van der Waals surface area contributed by atoms with Crippen molar-refractivity contribution in [2.45, 2.75) is 13.5 Å². The van der Waals surface area contributed by atoms with Crippen LogP contribution >= 0.6 is 23.2 Å². The van der Waals surface area contributed by atoms with Crippen LogP contribution in [0, 0.1) is 6.92 Å². The first-order valence-corrected chi connectivity index (χ1v) is 7.75. The highest BCUT2D eigenvalue weighted by Crippen LogP contribution is 2.38. The number of aromatic nitrogens is 4. The summed E-state index contributed by atoms with van der Waals surface area (Å²) in [6, 6.07) is 1.86. The maximum absolute atomic E-state index is 6.48. The Balaban J connectivity index is 2.12. The quantitative estimate of drug-likeness (QED) is 0.712. The van der Waals surface area contributed by atoms with Gasteiger partial charge in [-0.2, -0.15) is 9.97 Å². The third-order valence-electron chi connectivity index (χ3n) is 3.70. The molecule has 2 aromatic heterocycles. The minimum atomic E-state index is 0.0828. The van der Waals surface area contributed by atoms with E-state index in [2.05, 4.69) is 15.0 Å². The smallest absolute Gasteiger partial charge is 0.223 e. The van der Waals surface area contributed by atoms with E-state index in [0.717, 1.165) is 11.1 Å². The molecule has 3 aromatic rings. The number of anilines is 1. The van der Waals surface area contributed by atoms with E-state index >= 15 is 0 Å². The van der Waals surface area contributed by atoms with Crippen molar-refractivity contribution >= 4 is 40.3 Å². The summed E-state index contributed by atoms with van der Waals surface area (Å²) < 4.78 is 12.6. The van der Waals surface area contributed by atoms with Gasteiger partial charge in [-0.25, -0.2) is 4.98 Å². The molecule has 0 amide bonds. The molecule has 24 heavy (non-hydrogen) atoms. The van der Waals surface area contributed by atoms with Gasteiger partial charge in [-0.1, -0.05) is 23.2 Å². The zero-order valence-electron chi connectivity index (χ0n) is 13.3. The molecule has 2 heterocycles. The largest absolute Gasteiger partial charge is 0.496 e. The van der Waals surface area contributed by atoms with E-state index in [-0.39, 0.29) is 11.1 Å². The van der Waals surface area contributed by atoms with Crippen LogP contribution < -0.4 is 15.2 Å². The number of hydrogen-bond acceptors (Lipinski definition) is 6. The minimum absolute atomic E-state index is 0.0828. The first kappa shape index (κ1) is 16.6. The van der Waals surface area contributed by atoms with Gasteiger partial charge in [0.25, 0.3) is 0 Å². The summed E-state index contributed by atoms with van der Waals surface area (Å²) in [5.74, 6) is 1.34. The molecule has 0 saturated carbocycles. The maximum Gasteiger partial charge on any atom is 0.223 e. The van der Waals surface area contributed by atoms with Crippen LogP contribution in [-0.4, -0.2) is 33.7 Å². The molecule has 0 unspecified atom stereocenters. The van der Waals surface area contributed by atoms with Crippen LogP contribution in [0.4, 0.5) is 5.95 Å². The number of nitrogens with two attached hydrogens (primary N) is 1. The van der Waals surface area contributed by atoms with Crippen LogP contribution in [0.5, 0.6) is 11.5 Å². The Hall–Kier alpha value is -2.25. The Kier molecular flexibility index (Phi) is 4.38. The Morgan fingerprint density at radius 1 is 1.21 bits per heavy atom. The Bertz CT molecular complexity index is 926. The summed E-state index contributed by atoms with van der Waals surface area (Å²) >= 11 is 12.5. The van der Waals surface area contributed by atoms with Gasteiger partial charge in [-0.05, 0) is 18.6 Å². The SMILES string of the molecule is COc1cc(Cn2cnc3c(Cl)nc(N)nc32)c(Cl)c(OC)c1C. The normalized spacial score (nSPS) is 11.0. The lowest BCUT2D eigenvalue weighted by Crippen LogP contribution is -2.04.